The molecule has 0 spiro atoms. The third-order valence-electron chi connectivity index (χ3n) is 2.88. The molecule has 0 bridgehead atoms. The first-order valence-corrected chi connectivity index (χ1v) is 7.64. The summed E-state index contributed by atoms with van der Waals surface area (Å²) in [4.78, 5) is 21.5. The van der Waals surface area contributed by atoms with E-state index < -0.39 is 38.2 Å². The van der Waals surface area contributed by atoms with Gasteiger partial charge in [-0.25, -0.2) is 17.6 Å². The number of carbonyl (C=O) groups excluding carboxylic acids is 1. The van der Waals surface area contributed by atoms with E-state index in [1.165, 1.54) is 24.3 Å². The van der Waals surface area contributed by atoms with E-state index in [1.807, 2.05) is 0 Å². The lowest BCUT2D eigenvalue weighted by Crippen LogP contribution is -2.16. The van der Waals surface area contributed by atoms with Crippen LogP contribution < -0.4 is 10.5 Å². The number of halogens is 1. The van der Waals surface area contributed by atoms with Gasteiger partial charge in [0.15, 0.2) is 0 Å². The first kappa shape index (κ1) is 16.4. The number of hydrogen-bond acceptors (Lipinski definition) is 4. The quantitative estimate of drug-likeness (QED) is 0.760. The van der Waals surface area contributed by atoms with Crippen molar-refractivity contribution in [3.8, 4) is 0 Å². The van der Waals surface area contributed by atoms with Crippen molar-refractivity contribution in [2.45, 2.75) is 4.90 Å². The van der Waals surface area contributed by atoms with Crippen molar-refractivity contribution in [3.63, 3.8) is 0 Å². The number of hydrogen-bond donors (Lipinski definition) is 3. The Hall–Kier alpha value is -2.94. The molecule has 4 N–H and O–H groups in total. The standard InChI is InChI=1S/C14H11FN2O5S/c15-12-5-4-10(7-11(12)14(19)20)23(21,22)17-9-3-1-2-8(6-9)13(16)18/h1-7,17H,(H2,16,18)(H,19,20). The smallest absolute Gasteiger partial charge is 0.338 e. The van der Waals surface area contributed by atoms with E-state index in [2.05, 4.69) is 4.72 Å². The SMILES string of the molecule is NC(=O)c1cccc(NS(=O)(=O)c2ccc(F)c(C(=O)O)c2)c1. The molecule has 23 heavy (non-hydrogen) atoms. The molecule has 0 aliphatic carbocycles. The molecule has 0 aliphatic heterocycles. The van der Waals surface area contributed by atoms with E-state index in [4.69, 9.17) is 10.8 Å². The summed E-state index contributed by atoms with van der Waals surface area (Å²) in [6.45, 7) is 0. The van der Waals surface area contributed by atoms with Gasteiger partial charge in [0, 0.05) is 11.3 Å². The zero-order valence-electron chi connectivity index (χ0n) is 11.5. The third-order valence-corrected chi connectivity index (χ3v) is 4.26. The highest BCUT2D eigenvalue weighted by atomic mass is 32.2. The van der Waals surface area contributed by atoms with Gasteiger partial charge in [0.25, 0.3) is 10.0 Å². The van der Waals surface area contributed by atoms with Gasteiger partial charge in [-0.2, -0.15) is 0 Å². The Morgan fingerprint density at radius 2 is 1.83 bits per heavy atom. The van der Waals surface area contributed by atoms with E-state index in [0.29, 0.717) is 6.07 Å². The van der Waals surface area contributed by atoms with Gasteiger partial charge in [-0.3, -0.25) is 9.52 Å². The second-order valence-electron chi connectivity index (χ2n) is 4.50. The van der Waals surface area contributed by atoms with Crippen LogP contribution in [0.25, 0.3) is 0 Å². The van der Waals surface area contributed by atoms with Crippen LogP contribution in [0.1, 0.15) is 20.7 Å². The Kier molecular flexibility index (Phi) is 4.32. The highest BCUT2D eigenvalue weighted by Gasteiger charge is 2.19. The second kappa shape index (κ2) is 6.05. The zero-order chi connectivity index (χ0) is 17.2. The highest BCUT2D eigenvalue weighted by molar-refractivity contribution is 7.92. The predicted molar refractivity (Wildman–Crippen MR) is 79.1 cm³/mol. The number of nitrogens with one attached hydrogen (secondary N) is 1. The summed E-state index contributed by atoms with van der Waals surface area (Å²) in [5, 5.41) is 8.84. The lowest BCUT2D eigenvalue weighted by atomic mass is 10.2. The molecule has 0 unspecified atom stereocenters. The fourth-order valence-corrected chi connectivity index (χ4v) is 2.86. The van der Waals surface area contributed by atoms with Crippen molar-refractivity contribution in [1.29, 1.82) is 0 Å². The highest BCUT2D eigenvalue weighted by Crippen LogP contribution is 2.19. The maximum Gasteiger partial charge on any atom is 0.338 e. The predicted octanol–water partition coefficient (Wildman–Crippen LogP) is 1.42. The second-order valence-corrected chi connectivity index (χ2v) is 6.18. The van der Waals surface area contributed by atoms with E-state index >= 15 is 0 Å². The summed E-state index contributed by atoms with van der Waals surface area (Å²) in [5.74, 6) is -3.37. The Balaban J connectivity index is 2.40. The van der Waals surface area contributed by atoms with E-state index in [9.17, 15) is 22.4 Å². The molecular formula is C14H11FN2O5S. The molecule has 0 radical (unpaired) electrons. The Morgan fingerprint density at radius 1 is 1.13 bits per heavy atom. The maximum absolute atomic E-state index is 13.3. The normalized spacial score (nSPS) is 11.0. The average Bonchev–Trinajstić information content (AvgIpc) is 2.46. The molecule has 2 aromatic rings. The number of carbonyl (C=O) groups is 2. The first-order valence-electron chi connectivity index (χ1n) is 6.16. The summed E-state index contributed by atoms with van der Waals surface area (Å²) in [6.07, 6.45) is 0. The molecule has 120 valence electrons. The fraction of sp³-hybridized carbons (Fsp3) is 0. The number of nitrogens with two attached hydrogens (primary N) is 1. The molecule has 0 fully saturated rings. The molecule has 2 rings (SSSR count). The molecule has 0 saturated heterocycles. The van der Waals surface area contributed by atoms with Crippen molar-refractivity contribution in [1.82, 2.24) is 0 Å². The molecule has 1 amide bonds. The number of carboxylic acid groups (broad SMARTS) is 1. The third kappa shape index (κ3) is 3.64. The van der Waals surface area contributed by atoms with Gasteiger partial charge in [-0.05, 0) is 36.4 Å². The molecule has 0 heterocycles. The maximum atomic E-state index is 13.3. The number of amides is 1. The van der Waals surface area contributed by atoms with Crippen LogP contribution in [0.5, 0.6) is 0 Å². The van der Waals surface area contributed by atoms with E-state index in [1.54, 1.807) is 0 Å². The minimum absolute atomic E-state index is 0.0579. The number of sulfonamides is 1. The van der Waals surface area contributed by atoms with Crippen molar-refractivity contribution in [2.24, 2.45) is 5.73 Å². The van der Waals surface area contributed by atoms with Crippen molar-refractivity contribution in [2.75, 3.05) is 4.72 Å². The largest absolute Gasteiger partial charge is 0.478 e. The minimum Gasteiger partial charge on any atom is -0.478 e. The molecule has 0 aromatic heterocycles. The van der Waals surface area contributed by atoms with Gasteiger partial charge in [0.2, 0.25) is 5.91 Å². The molecular weight excluding hydrogens is 327 g/mol. The lowest BCUT2D eigenvalue weighted by molar-refractivity contribution is 0.0691. The van der Waals surface area contributed by atoms with Crippen LogP contribution in [-0.2, 0) is 10.0 Å². The average molecular weight is 338 g/mol. The van der Waals surface area contributed by atoms with Crippen LogP contribution in [0.15, 0.2) is 47.4 Å². The molecule has 2 aromatic carbocycles. The van der Waals surface area contributed by atoms with Crippen LogP contribution in [-0.4, -0.2) is 25.4 Å². The summed E-state index contributed by atoms with van der Waals surface area (Å²) in [6, 6.07) is 7.82. The number of carboxylic acids is 1. The molecule has 9 heteroatoms. The zero-order valence-corrected chi connectivity index (χ0v) is 12.3. The van der Waals surface area contributed by atoms with Crippen molar-refractivity contribution < 1.29 is 27.5 Å². The van der Waals surface area contributed by atoms with Gasteiger partial charge in [-0.1, -0.05) is 6.07 Å². The Bertz CT molecular complexity index is 896. The summed E-state index contributed by atoms with van der Waals surface area (Å²) >= 11 is 0. The molecule has 0 aliphatic rings. The van der Waals surface area contributed by atoms with Crippen LogP contribution >= 0.6 is 0 Å². The summed E-state index contributed by atoms with van der Waals surface area (Å²) in [7, 11) is -4.16. The number of aromatic carboxylic acids is 1. The monoisotopic (exact) mass is 338 g/mol. The van der Waals surface area contributed by atoms with Gasteiger partial charge >= 0.3 is 5.97 Å². The van der Waals surface area contributed by atoms with Crippen molar-refractivity contribution in [3.05, 3.63) is 59.4 Å². The number of benzene rings is 2. The van der Waals surface area contributed by atoms with Gasteiger partial charge in [-0.15, -0.1) is 0 Å². The molecule has 0 saturated carbocycles. The fourth-order valence-electron chi connectivity index (χ4n) is 1.79. The number of rotatable bonds is 5. The molecule has 0 atom stereocenters. The van der Waals surface area contributed by atoms with Crippen molar-refractivity contribution >= 4 is 27.6 Å². The van der Waals surface area contributed by atoms with Gasteiger partial charge < -0.3 is 10.8 Å². The Morgan fingerprint density at radius 3 is 2.43 bits per heavy atom. The van der Waals surface area contributed by atoms with Gasteiger partial charge in [0.1, 0.15) is 5.82 Å². The number of anilines is 1. The van der Waals surface area contributed by atoms with E-state index in [-0.39, 0.29) is 11.3 Å². The van der Waals surface area contributed by atoms with Crippen LogP contribution in [0, 0.1) is 5.82 Å². The number of primary amides is 1. The van der Waals surface area contributed by atoms with Gasteiger partial charge in [0.05, 0.1) is 10.5 Å². The Labute approximate surface area is 130 Å². The minimum atomic E-state index is -4.16. The summed E-state index contributed by atoms with van der Waals surface area (Å²) < 4.78 is 39.9. The summed E-state index contributed by atoms with van der Waals surface area (Å²) in [5.41, 5.74) is 4.49. The van der Waals surface area contributed by atoms with Crippen LogP contribution in [0.4, 0.5) is 10.1 Å². The van der Waals surface area contributed by atoms with Crippen LogP contribution in [0.3, 0.4) is 0 Å². The van der Waals surface area contributed by atoms with E-state index in [0.717, 1.165) is 12.1 Å². The topological polar surface area (TPSA) is 127 Å². The van der Waals surface area contributed by atoms with Crippen LogP contribution in [0.2, 0.25) is 0 Å². The lowest BCUT2D eigenvalue weighted by Gasteiger charge is -2.09. The molecule has 7 nitrogen and oxygen atoms in total. The first-order chi connectivity index (χ1) is 10.7.